The summed E-state index contributed by atoms with van der Waals surface area (Å²) in [6, 6.07) is 19.1. The molecule has 0 aliphatic carbocycles. The van der Waals surface area contributed by atoms with Crippen molar-refractivity contribution in [2.24, 2.45) is 0 Å². The van der Waals surface area contributed by atoms with Gasteiger partial charge in [-0.3, -0.25) is 14.2 Å². The Bertz CT molecular complexity index is 1130. The third-order valence-corrected chi connectivity index (χ3v) is 5.17. The number of nitrogens with one attached hydrogen (secondary N) is 1. The van der Waals surface area contributed by atoms with Gasteiger partial charge in [0.15, 0.2) is 0 Å². The van der Waals surface area contributed by atoms with Gasteiger partial charge in [0.25, 0.3) is 5.56 Å². The molecule has 4 aromatic rings. The molecule has 0 fully saturated rings. The molecule has 27 heavy (non-hydrogen) atoms. The molecule has 1 N–H and O–H groups in total. The summed E-state index contributed by atoms with van der Waals surface area (Å²) in [7, 11) is 0. The highest BCUT2D eigenvalue weighted by Gasteiger charge is 2.13. The molecule has 0 saturated carbocycles. The van der Waals surface area contributed by atoms with Crippen molar-refractivity contribution in [3.8, 4) is 11.1 Å². The van der Waals surface area contributed by atoms with Crippen LogP contribution in [-0.2, 0) is 11.3 Å². The van der Waals surface area contributed by atoms with E-state index >= 15 is 0 Å². The number of anilines is 1. The molecule has 2 heterocycles. The van der Waals surface area contributed by atoms with Crippen LogP contribution >= 0.6 is 11.3 Å². The summed E-state index contributed by atoms with van der Waals surface area (Å²) < 4.78 is 1.51. The van der Waals surface area contributed by atoms with E-state index in [0.717, 1.165) is 16.8 Å². The molecule has 4 rings (SSSR count). The predicted octanol–water partition coefficient (Wildman–Crippen LogP) is 4.15. The minimum absolute atomic E-state index is 0.118. The Kier molecular flexibility index (Phi) is 4.80. The van der Waals surface area contributed by atoms with Gasteiger partial charge in [-0.2, -0.15) is 0 Å². The molecule has 1 amide bonds. The number of hydrogen-bond donors (Lipinski definition) is 1. The lowest BCUT2D eigenvalue weighted by Crippen LogP contribution is -2.23. The number of rotatable bonds is 5. The summed E-state index contributed by atoms with van der Waals surface area (Å²) in [6.07, 6.45) is 1.72. The van der Waals surface area contributed by atoms with Crippen molar-refractivity contribution in [1.82, 2.24) is 9.55 Å². The Morgan fingerprint density at radius 3 is 2.48 bits per heavy atom. The Morgan fingerprint density at radius 2 is 1.74 bits per heavy atom. The molecule has 0 saturated heterocycles. The van der Waals surface area contributed by atoms with Crippen LogP contribution in [0.15, 0.2) is 77.2 Å². The fraction of sp³-hybridized carbons (Fsp3) is 0.0952. The number of amides is 1. The molecule has 0 bridgehead atoms. The molecule has 0 radical (unpaired) electrons. The second-order valence-corrected chi connectivity index (χ2v) is 6.96. The fourth-order valence-electron chi connectivity index (χ4n) is 2.92. The molecule has 0 aliphatic heterocycles. The van der Waals surface area contributed by atoms with Gasteiger partial charge in [-0.25, -0.2) is 4.98 Å². The second-order valence-electron chi connectivity index (χ2n) is 6.10. The zero-order valence-electron chi connectivity index (χ0n) is 14.5. The van der Waals surface area contributed by atoms with Gasteiger partial charge in [0.1, 0.15) is 4.83 Å². The zero-order chi connectivity index (χ0) is 18.6. The molecule has 6 heteroatoms. The lowest BCUT2D eigenvalue weighted by molar-refractivity contribution is -0.116. The highest BCUT2D eigenvalue weighted by atomic mass is 32.1. The Balaban J connectivity index is 1.57. The highest BCUT2D eigenvalue weighted by Crippen LogP contribution is 2.30. The number of thiophene rings is 1. The highest BCUT2D eigenvalue weighted by molar-refractivity contribution is 7.17. The molecule has 2 aromatic carbocycles. The first kappa shape index (κ1) is 17.2. The van der Waals surface area contributed by atoms with Crippen LogP contribution in [0.3, 0.4) is 0 Å². The number of aromatic nitrogens is 2. The third-order valence-electron chi connectivity index (χ3n) is 4.28. The first-order valence-electron chi connectivity index (χ1n) is 8.59. The number of nitrogens with zero attached hydrogens (tertiary/aromatic N) is 2. The van der Waals surface area contributed by atoms with Gasteiger partial charge in [0.05, 0.1) is 11.7 Å². The molecular formula is C21H17N3O2S. The molecule has 0 atom stereocenters. The first-order chi connectivity index (χ1) is 13.2. The monoisotopic (exact) mass is 375 g/mol. The number of aryl methyl sites for hydroxylation is 1. The van der Waals surface area contributed by atoms with Gasteiger partial charge in [-0.1, -0.05) is 48.5 Å². The summed E-state index contributed by atoms with van der Waals surface area (Å²) in [5.74, 6) is -0.137. The van der Waals surface area contributed by atoms with Crippen molar-refractivity contribution in [3.05, 3.63) is 82.7 Å². The summed E-state index contributed by atoms with van der Waals surface area (Å²) in [5.41, 5.74) is 2.50. The molecule has 0 aliphatic rings. The van der Waals surface area contributed by atoms with E-state index in [2.05, 4.69) is 10.3 Å². The quantitative estimate of drug-likeness (QED) is 0.570. The molecule has 2 aromatic heterocycles. The van der Waals surface area contributed by atoms with Crippen molar-refractivity contribution >= 4 is 33.1 Å². The van der Waals surface area contributed by atoms with Crippen LogP contribution in [-0.4, -0.2) is 15.5 Å². The Morgan fingerprint density at radius 1 is 1.04 bits per heavy atom. The average molecular weight is 375 g/mol. The lowest BCUT2D eigenvalue weighted by Gasteiger charge is -2.07. The number of para-hydroxylation sites is 1. The van der Waals surface area contributed by atoms with E-state index in [1.807, 2.05) is 66.0 Å². The SMILES string of the molecule is O=C(CCn1cnc2scc(-c3ccccc3)c2c1=O)Nc1ccccc1. The summed E-state index contributed by atoms with van der Waals surface area (Å²) in [6.45, 7) is 0.282. The van der Waals surface area contributed by atoms with Crippen molar-refractivity contribution in [3.63, 3.8) is 0 Å². The van der Waals surface area contributed by atoms with Crippen LogP contribution in [0.2, 0.25) is 0 Å². The van der Waals surface area contributed by atoms with Gasteiger partial charge in [0, 0.05) is 29.6 Å². The van der Waals surface area contributed by atoms with Gasteiger partial charge >= 0.3 is 0 Å². The third kappa shape index (κ3) is 3.66. The first-order valence-corrected chi connectivity index (χ1v) is 9.47. The number of carbonyl (C=O) groups is 1. The van der Waals surface area contributed by atoms with Crippen LogP contribution in [0.5, 0.6) is 0 Å². The van der Waals surface area contributed by atoms with Crippen LogP contribution in [0.4, 0.5) is 5.69 Å². The number of benzene rings is 2. The van der Waals surface area contributed by atoms with E-state index in [1.54, 1.807) is 0 Å². The predicted molar refractivity (Wildman–Crippen MR) is 109 cm³/mol. The van der Waals surface area contributed by atoms with E-state index < -0.39 is 0 Å². The van der Waals surface area contributed by atoms with Gasteiger partial charge < -0.3 is 5.32 Å². The standard InChI is InChI=1S/C21H17N3O2S/c25-18(23-16-9-5-2-6-10-16)11-12-24-14-22-20-19(21(24)26)17(13-27-20)15-7-3-1-4-8-15/h1-10,13-14H,11-12H2,(H,23,25). The molecule has 134 valence electrons. The summed E-state index contributed by atoms with van der Waals surface area (Å²) in [4.78, 5) is 30.2. The second kappa shape index (κ2) is 7.55. The van der Waals surface area contributed by atoms with E-state index in [0.29, 0.717) is 10.2 Å². The Hall–Kier alpha value is -3.25. The van der Waals surface area contributed by atoms with Crippen LogP contribution in [0.25, 0.3) is 21.3 Å². The minimum atomic E-state index is -0.137. The normalized spacial score (nSPS) is 10.8. The molecular weight excluding hydrogens is 358 g/mol. The minimum Gasteiger partial charge on any atom is -0.326 e. The van der Waals surface area contributed by atoms with Crippen molar-refractivity contribution in [2.75, 3.05) is 5.32 Å². The van der Waals surface area contributed by atoms with Gasteiger partial charge in [-0.05, 0) is 17.7 Å². The maximum atomic E-state index is 13.0. The summed E-state index contributed by atoms with van der Waals surface area (Å²) in [5, 5.41) is 5.40. The smallest absolute Gasteiger partial charge is 0.262 e. The van der Waals surface area contributed by atoms with Crippen molar-refractivity contribution in [2.45, 2.75) is 13.0 Å². The largest absolute Gasteiger partial charge is 0.326 e. The Labute approximate surface area is 159 Å². The number of carbonyl (C=O) groups excluding carboxylic acids is 1. The van der Waals surface area contributed by atoms with E-state index in [9.17, 15) is 9.59 Å². The van der Waals surface area contributed by atoms with Crippen molar-refractivity contribution < 1.29 is 4.79 Å². The van der Waals surface area contributed by atoms with Gasteiger partial charge in [-0.15, -0.1) is 11.3 Å². The fourth-order valence-corrected chi connectivity index (χ4v) is 3.83. The lowest BCUT2D eigenvalue weighted by atomic mass is 10.1. The molecule has 5 nitrogen and oxygen atoms in total. The maximum Gasteiger partial charge on any atom is 0.262 e. The maximum absolute atomic E-state index is 13.0. The summed E-state index contributed by atoms with van der Waals surface area (Å²) >= 11 is 1.45. The van der Waals surface area contributed by atoms with E-state index in [1.165, 1.54) is 22.2 Å². The van der Waals surface area contributed by atoms with Crippen LogP contribution in [0, 0.1) is 0 Å². The average Bonchev–Trinajstić information content (AvgIpc) is 3.14. The zero-order valence-corrected chi connectivity index (χ0v) is 15.3. The van der Waals surface area contributed by atoms with E-state index in [-0.39, 0.29) is 24.4 Å². The van der Waals surface area contributed by atoms with Gasteiger partial charge in [0.2, 0.25) is 5.91 Å². The number of fused-ring (bicyclic) bond motifs is 1. The van der Waals surface area contributed by atoms with Crippen molar-refractivity contribution in [1.29, 1.82) is 0 Å². The van der Waals surface area contributed by atoms with E-state index in [4.69, 9.17) is 0 Å². The molecule has 0 unspecified atom stereocenters. The number of hydrogen-bond acceptors (Lipinski definition) is 4. The molecule has 0 spiro atoms. The van der Waals surface area contributed by atoms with Crippen LogP contribution in [0.1, 0.15) is 6.42 Å². The van der Waals surface area contributed by atoms with Crippen LogP contribution < -0.4 is 10.9 Å². The topological polar surface area (TPSA) is 64.0 Å².